The number of rotatable bonds is 2. The number of hydrogen-bond acceptors (Lipinski definition) is 3. The lowest BCUT2D eigenvalue weighted by molar-refractivity contribution is 0.261. The molecule has 0 saturated heterocycles. The third-order valence-electron chi connectivity index (χ3n) is 5.03. The molecule has 112 valence electrons. The Morgan fingerprint density at radius 3 is 2.71 bits per heavy atom. The average molecular weight is 283 g/mol. The molecule has 3 heteroatoms. The predicted octanol–water partition coefficient (Wildman–Crippen LogP) is 4.36. The summed E-state index contributed by atoms with van der Waals surface area (Å²) in [6, 6.07) is 6.79. The van der Waals surface area contributed by atoms with E-state index in [1.54, 1.807) is 0 Å². The fraction of sp³-hybridized carbons (Fsp3) is 0.500. The normalized spacial score (nSPS) is 26.0. The van der Waals surface area contributed by atoms with Crippen LogP contribution < -0.4 is 11.1 Å². The Hall–Kier alpha value is -1.77. The van der Waals surface area contributed by atoms with Crippen LogP contribution in [0, 0.1) is 18.8 Å². The molecule has 1 aromatic carbocycles. The molecule has 3 rings (SSSR count). The third kappa shape index (κ3) is 2.82. The van der Waals surface area contributed by atoms with E-state index < -0.39 is 0 Å². The number of aromatic nitrogens is 1. The highest BCUT2D eigenvalue weighted by atomic mass is 14.9. The van der Waals surface area contributed by atoms with Crippen molar-refractivity contribution < 1.29 is 0 Å². The van der Waals surface area contributed by atoms with Crippen molar-refractivity contribution in [3.05, 3.63) is 30.1 Å². The molecule has 1 heterocycles. The summed E-state index contributed by atoms with van der Waals surface area (Å²) in [7, 11) is 0. The number of benzene rings is 1. The van der Waals surface area contributed by atoms with Gasteiger partial charge in [-0.25, -0.2) is 0 Å². The molecule has 1 aliphatic carbocycles. The van der Waals surface area contributed by atoms with E-state index in [2.05, 4.69) is 36.3 Å². The Morgan fingerprint density at radius 1 is 1.14 bits per heavy atom. The van der Waals surface area contributed by atoms with Crippen LogP contribution >= 0.6 is 0 Å². The van der Waals surface area contributed by atoms with Crippen LogP contribution in [0.15, 0.2) is 24.4 Å². The minimum atomic E-state index is 0.566. The van der Waals surface area contributed by atoms with E-state index in [-0.39, 0.29) is 0 Å². The predicted molar refractivity (Wildman–Crippen MR) is 90.5 cm³/mol. The first-order valence-electron chi connectivity index (χ1n) is 7.96. The van der Waals surface area contributed by atoms with Crippen LogP contribution in [-0.2, 0) is 0 Å². The lowest BCUT2D eigenvalue weighted by atomic mass is 9.79. The summed E-state index contributed by atoms with van der Waals surface area (Å²) in [6.07, 6.45) is 5.70. The molecule has 3 nitrogen and oxygen atoms in total. The summed E-state index contributed by atoms with van der Waals surface area (Å²) in [5.74, 6) is 1.64. The Labute approximate surface area is 127 Å². The zero-order chi connectivity index (χ0) is 15.0. The maximum Gasteiger partial charge on any atom is 0.0424 e. The van der Waals surface area contributed by atoms with Gasteiger partial charge in [0.1, 0.15) is 0 Å². The number of nitrogens with zero attached hydrogens (tertiary/aromatic N) is 1. The van der Waals surface area contributed by atoms with E-state index in [1.165, 1.54) is 30.3 Å². The number of nitrogen functional groups attached to an aromatic ring is 1. The van der Waals surface area contributed by atoms with Gasteiger partial charge in [-0.1, -0.05) is 13.8 Å². The SMILES string of the molecule is Cc1cc2c(NC3CCC(C)C(C)C3)ccc(N)c2cn1. The molecule has 0 amide bonds. The number of nitrogens with two attached hydrogens (primary N) is 1. The Kier molecular flexibility index (Phi) is 3.75. The molecule has 1 fully saturated rings. The van der Waals surface area contributed by atoms with Crippen molar-refractivity contribution in [2.75, 3.05) is 11.1 Å². The van der Waals surface area contributed by atoms with E-state index in [9.17, 15) is 0 Å². The van der Waals surface area contributed by atoms with Crippen molar-refractivity contribution in [1.82, 2.24) is 4.98 Å². The summed E-state index contributed by atoms with van der Waals surface area (Å²) in [5.41, 5.74) is 9.10. The van der Waals surface area contributed by atoms with Crippen LogP contribution in [-0.4, -0.2) is 11.0 Å². The monoisotopic (exact) mass is 283 g/mol. The van der Waals surface area contributed by atoms with E-state index >= 15 is 0 Å². The summed E-state index contributed by atoms with van der Waals surface area (Å²) in [6.45, 7) is 6.76. The van der Waals surface area contributed by atoms with Crippen molar-refractivity contribution in [3.8, 4) is 0 Å². The highest BCUT2D eigenvalue weighted by molar-refractivity contribution is 6.00. The van der Waals surface area contributed by atoms with Crippen LogP contribution in [0.5, 0.6) is 0 Å². The van der Waals surface area contributed by atoms with Crippen LogP contribution in [0.4, 0.5) is 11.4 Å². The van der Waals surface area contributed by atoms with Gasteiger partial charge in [0.2, 0.25) is 0 Å². The molecular weight excluding hydrogens is 258 g/mol. The minimum absolute atomic E-state index is 0.566. The molecule has 3 unspecified atom stereocenters. The average Bonchev–Trinajstić information content (AvgIpc) is 2.46. The van der Waals surface area contributed by atoms with Gasteiger partial charge in [-0.15, -0.1) is 0 Å². The molecule has 0 bridgehead atoms. The largest absolute Gasteiger partial charge is 0.398 e. The topological polar surface area (TPSA) is 50.9 Å². The zero-order valence-corrected chi connectivity index (χ0v) is 13.2. The highest BCUT2D eigenvalue weighted by Gasteiger charge is 2.24. The zero-order valence-electron chi connectivity index (χ0n) is 13.2. The summed E-state index contributed by atoms with van der Waals surface area (Å²) in [5, 5.41) is 5.98. The summed E-state index contributed by atoms with van der Waals surface area (Å²) in [4.78, 5) is 4.37. The van der Waals surface area contributed by atoms with Crippen LogP contribution in [0.1, 0.15) is 38.8 Å². The Morgan fingerprint density at radius 2 is 1.95 bits per heavy atom. The fourth-order valence-corrected chi connectivity index (χ4v) is 3.39. The maximum atomic E-state index is 6.08. The summed E-state index contributed by atoms with van der Waals surface area (Å²) >= 11 is 0. The van der Waals surface area contributed by atoms with Crippen LogP contribution in [0.3, 0.4) is 0 Å². The molecule has 2 aromatic rings. The number of aryl methyl sites for hydroxylation is 1. The van der Waals surface area contributed by atoms with Crippen molar-refractivity contribution in [1.29, 1.82) is 0 Å². The standard InChI is InChI=1S/C18H25N3/c1-11-4-5-14(8-12(11)2)21-18-7-6-17(19)16-10-20-13(3)9-15(16)18/h6-7,9-12,14,21H,4-5,8,19H2,1-3H3. The van der Waals surface area contributed by atoms with Crippen molar-refractivity contribution in [3.63, 3.8) is 0 Å². The second kappa shape index (κ2) is 5.55. The van der Waals surface area contributed by atoms with Gasteiger partial charge in [-0.3, -0.25) is 4.98 Å². The lowest BCUT2D eigenvalue weighted by Crippen LogP contribution is -2.30. The van der Waals surface area contributed by atoms with E-state index in [0.717, 1.165) is 28.6 Å². The van der Waals surface area contributed by atoms with E-state index in [0.29, 0.717) is 6.04 Å². The van der Waals surface area contributed by atoms with Gasteiger partial charge in [0, 0.05) is 40.1 Å². The number of hydrogen-bond donors (Lipinski definition) is 2. The first-order valence-corrected chi connectivity index (χ1v) is 7.96. The van der Waals surface area contributed by atoms with Crippen LogP contribution in [0.2, 0.25) is 0 Å². The molecule has 1 saturated carbocycles. The van der Waals surface area contributed by atoms with Gasteiger partial charge >= 0.3 is 0 Å². The first kappa shape index (κ1) is 14.2. The molecule has 0 spiro atoms. The highest BCUT2D eigenvalue weighted by Crippen LogP contribution is 2.34. The van der Waals surface area contributed by atoms with Gasteiger partial charge in [0.25, 0.3) is 0 Å². The molecule has 1 aromatic heterocycles. The van der Waals surface area contributed by atoms with E-state index in [1.807, 2.05) is 19.2 Å². The molecule has 3 N–H and O–H groups in total. The third-order valence-corrected chi connectivity index (χ3v) is 5.03. The second-order valence-corrected chi connectivity index (χ2v) is 6.68. The quantitative estimate of drug-likeness (QED) is 0.805. The molecule has 1 aliphatic rings. The van der Waals surface area contributed by atoms with Crippen molar-refractivity contribution in [2.45, 2.75) is 46.1 Å². The van der Waals surface area contributed by atoms with Gasteiger partial charge in [0.15, 0.2) is 0 Å². The molecule has 0 radical (unpaired) electrons. The number of anilines is 2. The van der Waals surface area contributed by atoms with Gasteiger partial charge in [-0.05, 0) is 56.2 Å². The van der Waals surface area contributed by atoms with Gasteiger partial charge in [0.05, 0.1) is 0 Å². The maximum absolute atomic E-state index is 6.08. The Balaban J connectivity index is 1.90. The summed E-state index contributed by atoms with van der Waals surface area (Å²) < 4.78 is 0. The molecule has 21 heavy (non-hydrogen) atoms. The molecule has 0 aliphatic heterocycles. The number of nitrogens with one attached hydrogen (secondary N) is 1. The lowest BCUT2D eigenvalue weighted by Gasteiger charge is -2.33. The first-order chi connectivity index (χ1) is 10.0. The van der Waals surface area contributed by atoms with Gasteiger partial charge in [-0.2, -0.15) is 0 Å². The van der Waals surface area contributed by atoms with Crippen LogP contribution in [0.25, 0.3) is 10.8 Å². The van der Waals surface area contributed by atoms with Crippen molar-refractivity contribution in [2.24, 2.45) is 11.8 Å². The fourth-order valence-electron chi connectivity index (χ4n) is 3.39. The van der Waals surface area contributed by atoms with E-state index in [4.69, 9.17) is 5.73 Å². The van der Waals surface area contributed by atoms with Gasteiger partial charge < -0.3 is 11.1 Å². The molecular formula is C18H25N3. The second-order valence-electron chi connectivity index (χ2n) is 6.68. The molecule has 3 atom stereocenters. The van der Waals surface area contributed by atoms with Crippen molar-refractivity contribution >= 4 is 22.1 Å². The minimum Gasteiger partial charge on any atom is -0.398 e. The number of pyridine rings is 1. The Bertz CT molecular complexity index is 650. The smallest absolute Gasteiger partial charge is 0.0424 e. The number of fused-ring (bicyclic) bond motifs is 1.